The van der Waals surface area contributed by atoms with Crippen LogP contribution in [-0.2, 0) is 4.79 Å². The van der Waals surface area contributed by atoms with E-state index >= 15 is 0 Å². The maximum absolute atomic E-state index is 14.5. The standard InChI is InChI=1S/C25H25F3N4O/c1-30-19(6-7-29)12-22(33)31-13-14-8-16(9-14)23-20-10-18(27)11-21(28)25(20)32-24(23)15-2-4-17(26)5-3-15/h2-7,10-11,14,16,32H,8-9,12-13,29H2,1H3,(H,31,33). The molecule has 1 aromatic heterocycles. The highest BCUT2D eigenvalue weighted by Gasteiger charge is 2.34. The van der Waals surface area contributed by atoms with Crippen molar-refractivity contribution in [2.75, 3.05) is 13.6 Å². The van der Waals surface area contributed by atoms with Crippen LogP contribution in [0.2, 0.25) is 0 Å². The maximum atomic E-state index is 14.5. The van der Waals surface area contributed by atoms with E-state index in [4.69, 9.17) is 5.73 Å². The van der Waals surface area contributed by atoms with E-state index < -0.39 is 11.6 Å². The molecule has 0 aliphatic heterocycles. The van der Waals surface area contributed by atoms with Crippen molar-refractivity contribution in [1.29, 1.82) is 0 Å². The van der Waals surface area contributed by atoms with Gasteiger partial charge in [-0.05, 0) is 78.4 Å². The first-order chi connectivity index (χ1) is 15.9. The number of amides is 1. The third-order valence-corrected chi connectivity index (χ3v) is 6.15. The summed E-state index contributed by atoms with van der Waals surface area (Å²) >= 11 is 0. The molecule has 4 N–H and O–H groups in total. The van der Waals surface area contributed by atoms with Crippen LogP contribution in [0.15, 0.2) is 53.7 Å². The van der Waals surface area contributed by atoms with Gasteiger partial charge in [-0.3, -0.25) is 9.79 Å². The largest absolute Gasteiger partial charge is 0.405 e. The van der Waals surface area contributed by atoms with Crippen LogP contribution in [0.5, 0.6) is 0 Å². The van der Waals surface area contributed by atoms with Gasteiger partial charge in [0.15, 0.2) is 0 Å². The fourth-order valence-corrected chi connectivity index (χ4v) is 4.46. The number of nitrogens with zero attached hydrogens (tertiary/aromatic N) is 1. The second kappa shape index (κ2) is 9.52. The molecule has 33 heavy (non-hydrogen) atoms. The zero-order valence-electron chi connectivity index (χ0n) is 18.2. The highest BCUT2D eigenvalue weighted by Crippen LogP contribution is 2.48. The number of nitrogens with one attached hydrogen (secondary N) is 2. The molecular weight excluding hydrogens is 429 g/mol. The number of allylic oxidation sites excluding steroid dienone is 1. The molecule has 5 nitrogen and oxygen atoms in total. The molecule has 0 bridgehead atoms. The molecule has 2 aromatic carbocycles. The molecular formula is C25H25F3N4O. The summed E-state index contributed by atoms with van der Waals surface area (Å²) in [7, 11) is 1.60. The van der Waals surface area contributed by atoms with Crippen molar-refractivity contribution in [3.63, 3.8) is 0 Å². The summed E-state index contributed by atoms with van der Waals surface area (Å²) in [5.74, 6) is -1.51. The van der Waals surface area contributed by atoms with Crippen LogP contribution in [-0.4, -0.2) is 30.2 Å². The van der Waals surface area contributed by atoms with Crippen LogP contribution >= 0.6 is 0 Å². The predicted molar refractivity (Wildman–Crippen MR) is 123 cm³/mol. The molecule has 4 rings (SSSR count). The minimum absolute atomic E-state index is 0.0647. The summed E-state index contributed by atoms with van der Waals surface area (Å²) in [6, 6.07) is 8.11. The number of rotatable bonds is 7. The van der Waals surface area contributed by atoms with E-state index in [0.29, 0.717) is 28.9 Å². The van der Waals surface area contributed by atoms with E-state index in [1.165, 1.54) is 24.4 Å². The lowest BCUT2D eigenvalue weighted by Crippen LogP contribution is -2.36. The van der Waals surface area contributed by atoms with E-state index in [0.717, 1.165) is 24.5 Å². The van der Waals surface area contributed by atoms with Crippen LogP contribution in [0.1, 0.15) is 30.7 Å². The smallest absolute Gasteiger partial charge is 0.226 e. The minimum Gasteiger partial charge on any atom is -0.405 e. The number of hydrogen-bond acceptors (Lipinski definition) is 3. The lowest BCUT2D eigenvalue weighted by molar-refractivity contribution is -0.120. The molecule has 1 heterocycles. The van der Waals surface area contributed by atoms with E-state index in [-0.39, 0.29) is 35.5 Å². The SMILES string of the molecule is CN=C(C=CN)CC(=O)NCC1CC(c2c(-c3ccc(F)cc3)[nH]c3c(F)cc(F)cc23)C1. The molecule has 172 valence electrons. The highest BCUT2D eigenvalue weighted by molar-refractivity contribution is 6.06. The Hall–Kier alpha value is -3.55. The average molecular weight is 454 g/mol. The summed E-state index contributed by atoms with van der Waals surface area (Å²) in [5.41, 5.74) is 8.38. The Balaban J connectivity index is 1.51. The Morgan fingerprint density at radius 1 is 1.18 bits per heavy atom. The van der Waals surface area contributed by atoms with E-state index in [1.807, 2.05) is 0 Å². The van der Waals surface area contributed by atoms with Gasteiger partial charge in [-0.25, -0.2) is 13.2 Å². The number of nitrogens with two attached hydrogens (primary N) is 1. The van der Waals surface area contributed by atoms with Gasteiger partial charge in [-0.1, -0.05) is 0 Å². The maximum Gasteiger partial charge on any atom is 0.226 e. The number of aromatic nitrogens is 1. The number of halogens is 3. The van der Waals surface area contributed by atoms with Crippen molar-refractivity contribution in [2.45, 2.75) is 25.2 Å². The van der Waals surface area contributed by atoms with Crippen LogP contribution in [0.4, 0.5) is 13.2 Å². The Kier molecular flexibility index (Phi) is 6.53. The van der Waals surface area contributed by atoms with E-state index in [9.17, 15) is 18.0 Å². The number of fused-ring (bicyclic) bond motifs is 1. The third-order valence-electron chi connectivity index (χ3n) is 6.15. The number of carbonyl (C=O) groups excluding carboxylic acids is 1. The van der Waals surface area contributed by atoms with E-state index in [2.05, 4.69) is 15.3 Å². The predicted octanol–water partition coefficient (Wildman–Crippen LogP) is 4.80. The lowest BCUT2D eigenvalue weighted by Gasteiger charge is -2.36. The van der Waals surface area contributed by atoms with Gasteiger partial charge >= 0.3 is 0 Å². The molecule has 0 radical (unpaired) electrons. The topological polar surface area (TPSA) is 83.3 Å². The third kappa shape index (κ3) is 4.79. The van der Waals surface area contributed by atoms with Gasteiger partial charge in [0, 0.05) is 30.8 Å². The normalized spacial score (nSPS) is 18.6. The van der Waals surface area contributed by atoms with Crippen LogP contribution in [0.3, 0.4) is 0 Å². The quantitative estimate of drug-likeness (QED) is 0.449. The van der Waals surface area contributed by atoms with Crippen LogP contribution < -0.4 is 11.1 Å². The number of hydrogen-bond donors (Lipinski definition) is 3. The van der Waals surface area contributed by atoms with Gasteiger partial charge in [0.05, 0.1) is 17.6 Å². The molecule has 8 heteroatoms. The van der Waals surface area contributed by atoms with Gasteiger partial charge in [-0.2, -0.15) is 0 Å². The number of H-pyrrole nitrogens is 1. The number of aromatic amines is 1. The first kappa shape index (κ1) is 22.6. The lowest BCUT2D eigenvalue weighted by atomic mass is 9.70. The fourth-order valence-electron chi connectivity index (χ4n) is 4.46. The van der Waals surface area contributed by atoms with Gasteiger partial charge in [-0.15, -0.1) is 0 Å². The summed E-state index contributed by atoms with van der Waals surface area (Å²) in [6.45, 7) is 0.510. The molecule has 3 aromatic rings. The molecule has 0 saturated heterocycles. The molecule has 0 unspecified atom stereocenters. The summed E-state index contributed by atoms with van der Waals surface area (Å²) < 4.78 is 41.9. The molecule has 1 aliphatic carbocycles. The van der Waals surface area contributed by atoms with Gasteiger partial charge in [0.25, 0.3) is 0 Å². The van der Waals surface area contributed by atoms with Crippen molar-refractivity contribution in [2.24, 2.45) is 16.6 Å². The second-order valence-corrected chi connectivity index (χ2v) is 8.32. The van der Waals surface area contributed by atoms with Gasteiger partial charge in [0.1, 0.15) is 17.5 Å². The van der Waals surface area contributed by atoms with Crippen LogP contribution in [0.25, 0.3) is 22.2 Å². The molecule has 1 aliphatic rings. The Morgan fingerprint density at radius 3 is 2.58 bits per heavy atom. The zero-order valence-corrected chi connectivity index (χ0v) is 18.2. The Labute approximate surface area is 189 Å². The van der Waals surface area contributed by atoms with Crippen molar-refractivity contribution in [3.8, 4) is 11.3 Å². The highest BCUT2D eigenvalue weighted by atomic mass is 19.1. The first-order valence-corrected chi connectivity index (χ1v) is 10.8. The second-order valence-electron chi connectivity index (χ2n) is 8.32. The van der Waals surface area contributed by atoms with E-state index in [1.54, 1.807) is 25.3 Å². The molecule has 0 spiro atoms. The van der Waals surface area contributed by atoms with Crippen molar-refractivity contribution in [1.82, 2.24) is 10.3 Å². The Morgan fingerprint density at radius 2 is 1.91 bits per heavy atom. The zero-order chi connectivity index (χ0) is 23.5. The molecule has 0 atom stereocenters. The summed E-state index contributed by atoms with van der Waals surface area (Å²) in [5, 5.41) is 3.41. The van der Waals surface area contributed by atoms with Crippen molar-refractivity contribution < 1.29 is 18.0 Å². The fraction of sp³-hybridized carbons (Fsp3) is 0.280. The van der Waals surface area contributed by atoms with Gasteiger partial charge < -0.3 is 16.0 Å². The summed E-state index contributed by atoms with van der Waals surface area (Å²) in [4.78, 5) is 19.3. The van der Waals surface area contributed by atoms with Gasteiger partial charge in [0.2, 0.25) is 5.91 Å². The number of benzene rings is 2. The Bertz CT molecular complexity index is 1220. The van der Waals surface area contributed by atoms with Crippen molar-refractivity contribution in [3.05, 3.63) is 71.7 Å². The average Bonchev–Trinajstić information content (AvgIpc) is 3.12. The minimum atomic E-state index is -0.664. The molecule has 1 fully saturated rings. The first-order valence-electron chi connectivity index (χ1n) is 10.8. The number of carbonyl (C=O) groups is 1. The summed E-state index contributed by atoms with van der Waals surface area (Å²) in [6.07, 6.45) is 4.60. The molecule has 1 saturated carbocycles. The van der Waals surface area contributed by atoms with Crippen LogP contribution in [0, 0.1) is 23.4 Å². The molecule has 1 amide bonds. The number of aliphatic imine (C=N–C) groups is 1. The van der Waals surface area contributed by atoms with Crippen molar-refractivity contribution >= 4 is 22.5 Å². The monoisotopic (exact) mass is 454 g/mol.